The fourth-order valence-corrected chi connectivity index (χ4v) is 0.829. The zero-order chi connectivity index (χ0) is 10.2. The second kappa shape index (κ2) is 2.94. The van der Waals surface area contributed by atoms with Crippen molar-refractivity contribution in [3.63, 3.8) is 0 Å². The highest BCUT2D eigenvalue weighted by atomic mass is 19.1. The van der Waals surface area contributed by atoms with Gasteiger partial charge in [-0.3, -0.25) is 9.59 Å². The van der Waals surface area contributed by atoms with E-state index in [0.717, 1.165) is 0 Å². The first-order valence-electron chi connectivity index (χ1n) is 4.08. The summed E-state index contributed by atoms with van der Waals surface area (Å²) in [6.07, 6.45) is 0. The van der Waals surface area contributed by atoms with Crippen LogP contribution in [-0.2, 0) is 0 Å². The van der Waals surface area contributed by atoms with Crippen molar-refractivity contribution in [2.45, 2.75) is 32.5 Å². The van der Waals surface area contributed by atoms with Gasteiger partial charge in [0.05, 0.1) is 11.7 Å². The van der Waals surface area contributed by atoms with Gasteiger partial charge in [-0.15, -0.1) is 0 Å². The van der Waals surface area contributed by atoms with E-state index in [9.17, 15) is 14.0 Å². The Morgan fingerprint density at radius 2 is 2.00 bits per heavy atom. The molecule has 4 heteroatoms. The molecule has 72 valence electrons. The molecule has 0 saturated heterocycles. The number of halogens is 1. The maximum atomic E-state index is 13.2. The molecule has 0 spiro atoms. The van der Waals surface area contributed by atoms with E-state index in [1.165, 1.54) is 19.9 Å². The zero-order valence-electron chi connectivity index (χ0n) is 7.85. The van der Waals surface area contributed by atoms with E-state index >= 15 is 0 Å². The SMILES string of the molecule is CC(Nc1cc(=O)c1=O)C(C)(C)F. The molecule has 1 aromatic carbocycles. The zero-order valence-corrected chi connectivity index (χ0v) is 7.85. The molecule has 0 fully saturated rings. The van der Waals surface area contributed by atoms with Gasteiger partial charge in [0.1, 0.15) is 5.67 Å². The molecule has 0 bridgehead atoms. The summed E-state index contributed by atoms with van der Waals surface area (Å²) in [5.74, 6) is 0. The van der Waals surface area contributed by atoms with E-state index in [2.05, 4.69) is 5.32 Å². The number of anilines is 1. The summed E-state index contributed by atoms with van der Waals surface area (Å²) in [6, 6.07) is 0.695. The highest BCUT2D eigenvalue weighted by Gasteiger charge is 2.26. The van der Waals surface area contributed by atoms with Gasteiger partial charge >= 0.3 is 0 Å². The predicted octanol–water partition coefficient (Wildman–Crippen LogP) is 0.831. The van der Waals surface area contributed by atoms with Crippen molar-refractivity contribution < 1.29 is 4.39 Å². The van der Waals surface area contributed by atoms with Crippen LogP contribution in [-0.4, -0.2) is 11.7 Å². The van der Waals surface area contributed by atoms with Crippen LogP contribution in [0.5, 0.6) is 0 Å². The topological polar surface area (TPSA) is 46.2 Å². The number of alkyl halides is 1. The van der Waals surface area contributed by atoms with Crippen molar-refractivity contribution in [2.75, 3.05) is 5.32 Å². The largest absolute Gasteiger partial charge is 0.376 e. The molecule has 1 unspecified atom stereocenters. The van der Waals surface area contributed by atoms with E-state index in [4.69, 9.17) is 0 Å². The molecule has 1 aromatic rings. The number of rotatable bonds is 3. The van der Waals surface area contributed by atoms with Crippen molar-refractivity contribution in [1.29, 1.82) is 0 Å². The average Bonchev–Trinajstić information content (AvgIpc) is 2.01. The van der Waals surface area contributed by atoms with Gasteiger partial charge in [0, 0.05) is 6.07 Å². The van der Waals surface area contributed by atoms with Crippen LogP contribution in [0.4, 0.5) is 10.1 Å². The molecule has 0 aliphatic heterocycles. The van der Waals surface area contributed by atoms with Gasteiger partial charge in [0.15, 0.2) is 0 Å². The quantitative estimate of drug-likeness (QED) is 0.709. The summed E-state index contributed by atoms with van der Waals surface area (Å²) in [4.78, 5) is 21.3. The van der Waals surface area contributed by atoms with Crippen LogP contribution in [0.2, 0.25) is 0 Å². The van der Waals surface area contributed by atoms with E-state index in [-0.39, 0.29) is 5.69 Å². The third-order valence-electron chi connectivity index (χ3n) is 2.15. The Kier molecular flexibility index (Phi) is 2.24. The Labute approximate surface area is 75.3 Å². The minimum absolute atomic E-state index is 0.211. The van der Waals surface area contributed by atoms with Crippen LogP contribution < -0.4 is 16.2 Å². The molecule has 0 aliphatic carbocycles. The molecule has 1 rings (SSSR count). The smallest absolute Gasteiger partial charge is 0.248 e. The van der Waals surface area contributed by atoms with Crippen molar-refractivity contribution in [3.8, 4) is 0 Å². The number of nitrogens with one attached hydrogen (secondary N) is 1. The number of hydrogen-bond acceptors (Lipinski definition) is 3. The highest BCUT2D eigenvalue weighted by Crippen LogP contribution is 2.16. The van der Waals surface area contributed by atoms with Crippen LogP contribution >= 0.6 is 0 Å². The van der Waals surface area contributed by atoms with E-state index < -0.39 is 22.6 Å². The summed E-state index contributed by atoms with van der Waals surface area (Å²) in [7, 11) is 0. The lowest BCUT2D eigenvalue weighted by atomic mass is 10.0. The monoisotopic (exact) mass is 185 g/mol. The lowest BCUT2D eigenvalue weighted by Crippen LogP contribution is -2.41. The van der Waals surface area contributed by atoms with Crippen LogP contribution in [0.3, 0.4) is 0 Å². The van der Waals surface area contributed by atoms with E-state index in [1.54, 1.807) is 6.92 Å². The molecule has 0 radical (unpaired) electrons. The first kappa shape index (κ1) is 9.89. The normalized spacial score (nSPS) is 14.5. The Bertz CT molecular complexity index is 371. The Hall–Kier alpha value is -1.19. The molecule has 3 nitrogen and oxygen atoms in total. The van der Waals surface area contributed by atoms with Crippen LogP contribution in [0.25, 0.3) is 0 Å². The van der Waals surface area contributed by atoms with Gasteiger partial charge in [0.2, 0.25) is 10.9 Å². The maximum Gasteiger partial charge on any atom is 0.248 e. The molecule has 0 saturated carbocycles. The van der Waals surface area contributed by atoms with Crippen LogP contribution in [0, 0.1) is 0 Å². The molecule has 0 amide bonds. The van der Waals surface area contributed by atoms with Gasteiger partial charge in [-0.1, -0.05) is 0 Å². The van der Waals surface area contributed by atoms with Gasteiger partial charge in [-0.05, 0) is 20.8 Å². The second-order valence-corrected chi connectivity index (χ2v) is 3.68. The summed E-state index contributed by atoms with van der Waals surface area (Å²) in [5, 5.41) is 2.65. The molecule has 0 heterocycles. The Morgan fingerprint density at radius 1 is 1.46 bits per heavy atom. The summed E-state index contributed by atoms with van der Waals surface area (Å²) >= 11 is 0. The maximum absolute atomic E-state index is 13.2. The highest BCUT2D eigenvalue weighted by molar-refractivity contribution is 5.48. The van der Waals surface area contributed by atoms with Crippen molar-refractivity contribution in [2.24, 2.45) is 0 Å². The minimum Gasteiger partial charge on any atom is -0.376 e. The summed E-state index contributed by atoms with van der Waals surface area (Å²) in [5.41, 5.74) is -2.29. The lowest BCUT2D eigenvalue weighted by molar-refractivity contribution is 0.192. The molecular formula is C9H12FNO2. The third-order valence-corrected chi connectivity index (χ3v) is 2.15. The first-order chi connectivity index (χ1) is 5.82. The molecule has 1 N–H and O–H groups in total. The Morgan fingerprint density at radius 3 is 2.31 bits per heavy atom. The van der Waals surface area contributed by atoms with Gasteiger partial charge < -0.3 is 5.32 Å². The number of hydrogen-bond donors (Lipinski definition) is 1. The first-order valence-corrected chi connectivity index (χ1v) is 4.08. The van der Waals surface area contributed by atoms with Crippen LogP contribution in [0.15, 0.2) is 15.7 Å². The summed E-state index contributed by atoms with van der Waals surface area (Å²) < 4.78 is 13.2. The second-order valence-electron chi connectivity index (χ2n) is 3.68. The third kappa shape index (κ3) is 1.94. The van der Waals surface area contributed by atoms with Gasteiger partial charge in [-0.2, -0.15) is 0 Å². The van der Waals surface area contributed by atoms with E-state index in [0.29, 0.717) is 0 Å². The lowest BCUT2D eigenvalue weighted by Gasteiger charge is -2.25. The molecule has 0 aliphatic rings. The molecule has 1 atom stereocenters. The summed E-state index contributed by atoms with van der Waals surface area (Å²) in [6.45, 7) is 4.45. The molecular weight excluding hydrogens is 173 g/mol. The predicted molar refractivity (Wildman–Crippen MR) is 49.6 cm³/mol. The molecule has 13 heavy (non-hydrogen) atoms. The van der Waals surface area contributed by atoms with E-state index in [1.807, 2.05) is 0 Å². The minimum atomic E-state index is -1.42. The van der Waals surface area contributed by atoms with Crippen molar-refractivity contribution in [3.05, 3.63) is 26.5 Å². The molecule has 0 aromatic heterocycles. The van der Waals surface area contributed by atoms with Gasteiger partial charge in [0.25, 0.3) is 0 Å². The Balaban J connectivity index is 2.68. The standard InChI is InChI=1S/C9H12FNO2/c1-5(9(2,3)10)11-6-4-7(12)8(6)13/h4-5,11H,1-3H3. The van der Waals surface area contributed by atoms with Crippen LogP contribution in [0.1, 0.15) is 20.8 Å². The fourth-order valence-electron chi connectivity index (χ4n) is 0.829. The van der Waals surface area contributed by atoms with Gasteiger partial charge in [-0.25, -0.2) is 4.39 Å². The van der Waals surface area contributed by atoms with Crippen molar-refractivity contribution in [1.82, 2.24) is 0 Å². The fraction of sp³-hybridized carbons (Fsp3) is 0.556. The average molecular weight is 185 g/mol. The van der Waals surface area contributed by atoms with Crippen molar-refractivity contribution >= 4 is 5.69 Å².